The van der Waals surface area contributed by atoms with Gasteiger partial charge in [-0.25, -0.2) is 0 Å². The number of carbonyl (C=O) groups excluding carboxylic acids is 1. The Hall–Kier alpha value is -1.78. The van der Waals surface area contributed by atoms with E-state index in [1.54, 1.807) is 0 Å². The highest BCUT2D eigenvalue weighted by Gasteiger charge is 2.45. The zero-order valence-corrected chi connectivity index (χ0v) is 11.5. The van der Waals surface area contributed by atoms with Gasteiger partial charge in [-0.1, -0.05) is 0 Å². The van der Waals surface area contributed by atoms with Crippen LogP contribution in [0.3, 0.4) is 0 Å². The fourth-order valence-electron chi connectivity index (χ4n) is 3.26. The first-order valence-corrected chi connectivity index (χ1v) is 7.17. The minimum absolute atomic E-state index is 0.0137. The monoisotopic (exact) mass is 277 g/mol. The molecule has 1 saturated heterocycles. The van der Waals surface area contributed by atoms with Gasteiger partial charge in [-0.05, 0) is 44.7 Å². The van der Waals surface area contributed by atoms with Crippen LogP contribution < -0.4 is 0 Å². The molecule has 3 unspecified atom stereocenters. The quantitative estimate of drug-likeness (QED) is 0.920. The first-order chi connectivity index (χ1) is 9.58. The van der Waals surface area contributed by atoms with E-state index in [4.69, 9.17) is 9.52 Å². The maximum absolute atomic E-state index is 12.6. The molecule has 1 aromatic heterocycles. The molecule has 20 heavy (non-hydrogen) atoms. The summed E-state index contributed by atoms with van der Waals surface area (Å²) in [6.07, 6.45) is 3.14. The Morgan fingerprint density at radius 3 is 2.55 bits per heavy atom. The van der Waals surface area contributed by atoms with Gasteiger partial charge in [0.15, 0.2) is 0 Å². The molecule has 5 nitrogen and oxygen atoms in total. The number of carbonyl (C=O) groups is 2. The van der Waals surface area contributed by atoms with Crippen molar-refractivity contribution in [2.45, 2.75) is 38.6 Å². The second kappa shape index (κ2) is 4.96. The van der Waals surface area contributed by atoms with Crippen LogP contribution in [0.2, 0.25) is 0 Å². The normalized spacial score (nSPS) is 29.2. The summed E-state index contributed by atoms with van der Waals surface area (Å²) in [6, 6.07) is 3.80. The first-order valence-electron chi connectivity index (χ1n) is 7.17. The van der Waals surface area contributed by atoms with E-state index in [0.29, 0.717) is 19.4 Å². The van der Waals surface area contributed by atoms with E-state index in [9.17, 15) is 9.59 Å². The molecule has 0 spiro atoms. The van der Waals surface area contributed by atoms with E-state index >= 15 is 0 Å². The predicted octanol–water partition coefficient (Wildman–Crippen LogP) is 2.36. The third-order valence-electron chi connectivity index (χ3n) is 4.53. The van der Waals surface area contributed by atoms with Gasteiger partial charge >= 0.3 is 5.97 Å². The lowest BCUT2D eigenvalue weighted by Crippen LogP contribution is -2.45. The average molecular weight is 277 g/mol. The zero-order valence-electron chi connectivity index (χ0n) is 11.5. The van der Waals surface area contributed by atoms with E-state index in [1.807, 2.05) is 24.0 Å². The Balaban J connectivity index is 1.75. The molecular formula is C15H19NO4. The van der Waals surface area contributed by atoms with Crippen LogP contribution in [0.4, 0.5) is 0 Å². The lowest BCUT2D eigenvalue weighted by Gasteiger charge is -2.36. The van der Waals surface area contributed by atoms with Crippen LogP contribution in [0.15, 0.2) is 16.5 Å². The van der Waals surface area contributed by atoms with Gasteiger partial charge in [0, 0.05) is 6.54 Å². The molecule has 0 aromatic carbocycles. The number of amides is 1. The van der Waals surface area contributed by atoms with Crippen LogP contribution in [0, 0.1) is 18.8 Å². The number of nitrogens with zero attached hydrogens (tertiary/aromatic N) is 1. The molecule has 1 aromatic rings. The van der Waals surface area contributed by atoms with Gasteiger partial charge in [0.1, 0.15) is 11.5 Å². The topological polar surface area (TPSA) is 70.8 Å². The molecule has 1 aliphatic heterocycles. The number of carboxylic acids is 1. The second-order valence-corrected chi connectivity index (χ2v) is 5.77. The van der Waals surface area contributed by atoms with Crippen molar-refractivity contribution in [1.29, 1.82) is 0 Å². The molecule has 1 aliphatic carbocycles. The van der Waals surface area contributed by atoms with Crippen LogP contribution in [0.25, 0.3) is 0 Å². The van der Waals surface area contributed by atoms with E-state index < -0.39 is 11.9 Å². The SMILES string of the molecule is Cc1ccc(C2CCCN2C(=O)C2CCC2C(=O)O)o1. The van der Waals surface area contributed by atoms with Crippen LogP contribution in [0.1, 0.15) is 43.2 Å². The summed E-state index contributed by atoms with van der Waals surface area (Å²) in [6.45, 7) is 2.59. The maximum Gasteiger partial charge on any atom is 0.307 e. The van der Waals surface area contributed by atoms with E-state index in [2.05, 4.69) is 0 Å². The van der Waals surface area contributed by atoms with Gasteiger partial charge in [0.25, 0.3) is 0 Å². The van der Waals surface area contributed by atoms with Gasteiger partial charge in [-0.2, -0.15) is 0 Å². The maximum atomic E-state index is 12.6. The summed E-state index contributed by atoms with van der Waals surface area (Å²) in [7, 11) is 0. The number of carboxylic acid groups (broad SMARTS) is 1. The molecule has 1 saturated carbocycles. The van der Waals surface area contributed by atoms with Crippen LogP contribution in [0.5, 0.6) is 0 Å². The minimum atomic E-state index is -0.848. The van der Waals surface area contributed by atoms with Crippen molar-refractivity contribution in [1.82, 2.24) is 4.90 Å². The molecule has 1 N–H and O–H groups in total. The molecule has 3 rings (SSSR count). The summed E-state index contributed by atoms with van der Waals surface area (Å²) >= 11 is 0. The zero-order chi connectivity index (χ0) is 14.3. The Kier molecular flexibility index (Phi) is 3.28. The first kappa shape index (κ1) is 13.2. The summed E-state index contributed by atoms with van der Waals surface area (Å²) < 4.78 is 5.64. The summed E-state index contributed by atoms with van der Waals surface area (Å²) in [5.74, 6) is -0.0449. The number of rotatable bonds is 3. The lowest BCUT2D eigenvalue weighted by molar-refractivity contribution is -0.157. The Labute approximate surface area is 117 Å². The van der Waals surface area contributed by atoms with E-state index in [-0.39, 0.29) is 17.9 Å². The molecule has 1 amide bonds. The largest absolute Gasteiger partial charge is 0.481 e. The van der Waals surface area contributed by atoms with E-state index in [0.717, 1.165) is 24.4 Å². The van der Waals surface area contributed by atoms with Crippen molar-refractivity contribution in [3.63, 3.8) is 0 Å². The summed E-state index contributed by atoms with van der Waals surface area (Å²) in [4.78, 5) is 25.4. The highest BCUT2D eigenvalue weighted by atomic mass is 16.4. The highest BCUT2D eigenvalue weighted by Crippen LogP contribution is 2.40. The second-order valence-electron chi connectivity index (χ2n) is 5.77. The van der Waals surface area contributed by atoms with Crippen LogP contribution in [-0.2, 0) is 9.59 Å². The Bertz CT molecular complexity index is 536. The Morgan fingerprint density at radius 2 is 2.00 bits per heavy atom. The fourth-order valence-corrected chi connectivity index (χ4v) is 3.26. The third kappa shape index (κ3) is 2.11. The number of furan rings is 1. The molecule has 108 valence electrons. The van der Waals surface area contributed by atoms with Gasteiger partial charge in [-0.3, -0.25) is 9.59 Å². The van der Waals surface area contributed by atoms with Gasteiger partial charge in [-0.15, -0.1) is 0 Å². The molecule has 0 bridgehead atoms. The number of likely N-dealkylation sites (tertiary alicyclic amines) is 1. The standard InChI is InChI=1S/C15H19NO4/c1-9-4-7-13(20-9)12-3-2-8-16(12)14(17)10-5-6-11(10)15(18)19/h4,7,10-12H,2-3,5-6,8H2,1H3,(H,18,19). The highest BCUT2D eigenvalue weighted by molar-refractivity contribution is 5.86. The summed E-state index contributed by atoms with van der Waals surface area (Å²) in [5, 5.41) is 9.09. The smallest absolute Gasteiger partial charge is 0.307 e. The Morgan fingerprint density at radius 1 is 1.25 bits per heavy atom. The van der Waals surface area contributed by atoms with Crippen molar-refractivity contribution in [2.24, 2.45) is 11.8 Å². The number of hydrogen-bond donors (Lipinski definition) is 1. The molecular weight excluding hydrogens is 258 g/mol. The minimum Gasteiger partial charge on any atom is -0.481 e. The van der Waals surface area contributed by atoms with Gasteiger partial charge < -0.3 is 14.4 Å². The molecule has 2 aliphatic rings. The van der Waals surface area contributed by atoms with Crippen LogP contribution >= 0.6 is 0 Å². The fraction of sp³-hybridized carbons (Fsp3) is 0.600. The molecule has 2 heterocycles. The third-order valence-corrected chi connectivity index (χ3v) is 4.53. The number of aryl methyl sites for hydroxylation is 1. The molecule has 5 heteroatoms. The van der Waals surface area contributed by atoms with Crippen molar-refractivity contribution in [3.05, 3.63) is 23.7 Å². The number of aliphatic carboxylic acids is 1. The molecule has 3 atom stereocenters. The van der Waals surface area contributed by atoms with Gasteiger partial charge in [0.2, 0.25) is 5.91 Å². The lowest BCUT2D eigenvalue weighted by atomic mass is 9.73. The van der Waals surface area contributed by atoms with Gasteiger partial charge in [0.05, 0.1) is 17.9 Å². The number of hydrogen-bond acceptors (Lipinski definition) is 3. The van der Waals surface area contributed by atoms with Crippen molar-refractivity contribution in [3.8, 4) is 0 Å². The van der Waals surface area contributed by atoms with Crippen molar-refractivity contribution >= 4 is 11.9 Å². The van der Waals surface area contributed by atoms with Crippen LogP contribution in [-0.4, -0.2) is 28.4 Å². The van der Waals surface area contributed by atoms with E-state index in [1.165, 1.54) is 0 Å². The average Bonchev–Trinajstić information content (AvgIpc) is 2.94. The summed E-state index contributed by atoms with van der Waals surface area (Å²) in [5.41, 5.74) is 0. The van der Waals surface area contributed by atoms with Crippen molar-refractivity contribution < 1.29 is 19.1 Å². The predicted molar refractivity (Wildman–Crippen MR) is 71.0 cm³/mol. The molecule has 2 fully saturated rings. The van der Waals surface area contributed by atoms with Crippen molar-refractivity contribution in [2.75, 3.05) is 6.54 Å². The molecule has 0 radical (unpaired) electrons.